The maximum atomic E-state index is 8.80. The molecule has 0 aromatic heterocycles. The van der Waals surface area contributed by atoms with Crippen LogP contribution in [-0.4, -0.2) is 49.7 Å². The summed E-state index contributed by atoms with van der Waals surface area (Å²) < 4.78 is 0. The number of nitriles is 1. The first-order valence-electron chi connectivity index (χ1n) is 7.61. The molecular formula is C16H23N7. The minimum atomic E-state index is -0.347. The molecule has 2 rings (SSSR count). The number of piperidine rings is 1. The second-order valence-corrected chi connectivity index (χ2v) is 5.83. The molecule has 1 heterocycles. The van der Waals surface area contributed by atoms with Gasteiger partial charge in [0.2, 0.25) is 5.71 Å². The molecule has 1 fully saturated rings. The summed E-state index contributed by atoms with van der Waals surface area (Å²) in [6.45, 7) is 2.10. The number of nitrogens with two attached hydrogens (primary N) is 1. The molecule has 1 saturated heterocycles. The van der Waals surface area contributed by atoms with E-state index in [1.54, 1.807) is 6.07 Å². The third-order valence-corrected chi connectivity index (χ3v) is 4.09. The molecule has 1 aromatic carbocycles. The Balaban J connectivity index is 1.95. The number of nitrogens with one attached hydrogen (secondary N) is 2. The molecule has 0 atom stereocenters. The van der Waals surface area contributed by atoms with Gasteiger partial charge >= 0.3 is 0 Å². The van der Waals surface area contributed by atoms with Gasteiger partial charge in [0.05, 0.1) is 5.69 Å². The smallest absolute Gasteiger partial charge is 0.201 e. The van der Waals surface area contributed by atoms with Crippen molar-refractivity contribution in [1.82, 2.24) is 4.90 Å². The maximum Gasteiger partial charge on any atom is 0.201 e. The average molecular weight is 313 g/mol. The van der Waals surface area contributed by atoms with Crippen molar-refractivity contribution in [3.05, 3.63) is 24.3 Å². The molecule has 23 heavy (non-hydrogen) atoms. The second kappa shape index (κ2) is 7.61. The summed E-state index contributed by atoms with van der Waals surface area (Å²) >= 11 is 0. The Morgan fingerprint density at radius 1 is 1.35 bits per heavy atom. The van der Waals surface area contributed by atoms with Crippen LogP contribution >= 0.6 is 0 Å². The van der Waals surface area contributed by atoms with E-state index in [0.29, 0.717) is 6.04 Å². The number of hydrazone groups is 1. The number of benzene rings is 1. The average Bonchev–Trinajstić information content (AvgIpc) is 2.56. The number of nitrogens with zero attached hydrogens (tertiary/aromatic N) is 4. The Labute approximate surface area is 136 Å². The molecule has 0 radical (unpaired) electrons. The Morgan fingerprint density at radius 2 is 1.96 bits per heavy atom. The van der Waals surface area contributed by atoms with Crippen LogP contribution in [0.2, 0.25) is 0 Å². The third kappa shape index (κ3) is 4.44. The van der Waals surface area contributed by atoms with Gasteiger partial charge in [-0.15, -0.1) is 0 Å². The second-order valence-electron chi connectivity index (χ2n) is 5.83. The Morgan fingerprint density at radius 3 is 2.43 bits per heavy atom. The SMILES string of the molecule is CN(C)C1CCN(c2ccc(N/N=C(\C#N)C(=N)N)cc2)CC1. The lowest BCUT2D eigenvalue weighted by Crippen LogP contribution is -2.41. The molecule has 7 heteroatoms. The highest BCUT2D eigenvalue weighted by Gasteiger charge is 2.20. The van der Waals surface area contributed by atoms with E-state index in [1.807, 2.05) is 24.3 Å². The van der Waals surface area contributed by atoms with Gasteiger partial charge in [0.1, 0.15) is 6.07 Å². The van der Waals surface area contributed by atoms with Crippen molar-refractivity contribution < 1.29 is 0 Å². The van der Waals surface area contributed by atoms with E-state index in [2.05, 4.69) is 34.4 Å². The summed E-state index contributed by atoms with van der Waals surface area (Å²) in [5.74, 6) is -0.347. The summed E-state index contributed by atoms with van der Waals surface area (Å²) in [7, 11) is 4.27. The highest BCUT2D eigenvalue weighted by Crippen LogP contribution is 2.23. The van der Waals surface area contributed by atoms with Crippen molar-refractivity contribution in [3.63, 3.8) is 0 Å². The Kier molecular flexibility index (Phi) is 5.55. The number of hydrogen-bond donors (Lipinski definition) is 3. The minimum absolute atomic E-state index is 0.125. The molecule has 0 unspecified atom stereocenters. The van der Waals surface area contributed by atoms with Crippen LogP contribution in [-0.2, 0) is 0 Å². The molecule has 1 aliphatic rings. The summed E-state index contributed by atoms with van der Waals surface area (Å²) in [6.07, 6.45) is 2.34. The number of anilines is 2. The zero-order chi connectivity index (χ0) is 16.8. The highest BCUT2D eigenvalue weighted by atomic mass is 15.3. The van der Waals surface area contributed by atoms with E-state index in [0.717, 1.165) is 18.8 Å². The van der Waals surface area contributed by atoms with Crippen LogP contribution in [0, 0.1) is 16.7 Å². The zero-order valence-corrected chi connectivity index (χ0v) is 13.6. The number of rotatable bonds is 5. The van der Waals surface area contributed by atoms with Crippen LogP contribution in [0.5, 0.6) is 0 Å². The van der Waals surface area contributed by atoms with Gasteiger partial charge in [-0.25, -0.2) is 0 Å². The van der Waals surface area contributed by atoms with Gasteiger partial charge in [0.15, 0.2) is 5.84 Å². The van der Waals surface area contributed by atoms with Gasteiger partial charge in [0, 0.05) is 24.8 Å². The lowest BCUT2D eigenvalue weighted by molar-refractivity contribution is 0.249. The molecule has 7 nitrogen and oxygen atoms in total. The molecule has 0 spiro atoms. The molecule has 0 bridgehead atoms. The van der Waals surface area contributed by atoms with Crippen LogP contribution in [0.15, 0.2) is 29.4 Å². The molecule has 4 N–H and O–H groups in total. The fourth-order valence-electron chi connectivity index (χ4n) is 2.65. The minimum Gasteiger partial charge on any atom is -0.382 e. The molecule has 122 valence electrons. The zero-order valence-electron chi connectivity index (χ0n) is 13.6. The molecular weight excluding hydrogens is 290 g/mol. The number of amidine groups is 1. The van der Waals surface area contributed by atoms with Crippen molar-refractivity contribution >= 4 is 22.9 Å². The summed E-state index contributed by atoms with van der Waals surface area (Å²) in [6, 6.07) is 10.3. The van der Waals surface area contributed by atoms with Crippen molar-refractivity contribution in [2.45, 2.75) is 18.9 Å². The van der Waals surface area contributed by atoms with E-state index in [-0.39, 0.29) is 11.5 Å². The monoisotopic (exact) mass is 313 g/mol. The molecule has 1 aliphatic heterocycles. The topological polar surface area (TPSA) is 105 Å². The maximum absolute atomic E-state index is 8.80. The van der Waals surface area contributed by atoms with Gasteiger partial charge in [-0.3, -0.25) is 10.8 Å². The first kappa shape index (κ1) is 16.8. The van der Waals surface area contributed by atoms with E-state index in [4.69, 9.17) is 16.4 Å². The van der Waals surface area contributed by atoms with Crippen molar-refractivity contribution in [1.29, 1.82) is 10.7 Å². The Hall–Kier alpha value is -2.59. The fraction of sp³-hybridized carbons (Fsp3) is 0.438. The summed E-state index contributed by atoms with van der Waals surface area (Å²) in [4.78, 5) is 4.67. The number of hydrogen-bond acceptors (Lipinski definition) is 6. The van der Waals surface area contributed by atoms with E-state index < -0.39 is 0 Å². The van der Waals surface area contributed by atoms with Crippen LogP contribution in [0.4, 0.5) is 11.4 Å². The van der Waals surface area contributed by atoms with Gasteiger partial charge < -0.3 is 15.5 Å². The van der Waals surface area contributed by atoms with Gasteiger partial charge in [-0.05, 0) is 51.2 Å². The van der Waals surface area contributed by atoms with Crippen molar-refractivity contribution in [3.8, 4) is 6.07 Å². The molecule has 0 amide bonds. The van der Waals surface area contributed by atoms with Crippen LogP contribution < -0.4 is 16.1 Å². The van der Waals surface area contributed by atoms with E-state index in [9.17, 15) is 0 Å². The third-order valence-electron chi connectivity index (χ3n) is 4.09. The van der Waals surface area contributed by atoms with Gasteiger partial charge in [0.25, 0.3) is 0 Å². The fourth-order valence-corrected chi connectivity index (χ4v) is 2.65. The first-order chi connectivity index (χ1) is 11.0. The van der Waals surface area contributed by atoms with Gasteiger partial charge in [-0.2, -0.15) is 10.4 Å². The van der Waals surface area contributed by atoms with Crippen molar-refractivity contribution in [2.75, 3.05) is 37.5 Å². The lowest BCUT2D eigenvalue weighted by atomic mass is 10.0. The van der Waals surface area contributed by atoms with Gasteiger partial charge in [-0.1, -0.05) is 0 Å². The van der Waals surface area contributed by atoms with Crippen LogP contribution in [0.3, 0.4) is 0 Å². The summed E-state index contributed by atoms with van der Waals surface area (Å²) in [5, 5.41) is 19.8. The van der Waals surface area contributed by atoms with Crippen LogP contribution in [0.25, 0.3) is 0 Å². The molecule has 0 saturated carbocycles. The summed E-state index contributed by atoms with van der Waals surface area (Å²) in [5.41, 5.74) is 9.81. The van der Waals surface area contributed by atoms with Crippen molar-refractivity contribution in [2.24, 2.45) is 10.8 Å². The Bertz CT molecular complexity index is 604. The predicted molar refractivity (Wildman–Crippen MR) is 93.9 cm³/mol. The quantitative estimate of drug-likeness (QED) is 0.433. The van der Waals surface area contributed by atoms with E-state index in [1.165, 1.54) is 18.5 Å². The normalized spacial score (nSPS) is 16.3. The van der Waals surface area contributed by atoms with E-state index >= 15 is 0 Å². The lowest BCUT2D eigenvalue weighted by Gasteiger charge is -2.36. The largest absolute Gasteiger partial charge is 0.382 e. The first-order valence-corrected chi connectivity index (χ1v) is 7.61. The predicted octanol–water partition coefficient (Wildman–Crippen LogP) is 1.44. The van der Waals surface area contributed by atoms with Crippen LogP contribution in [0.1, 0.15) is 12.8 Å². The molecule has 1 aromatic rings. The standard InChI is InChI=1S/C16H23N7/c1-22(2)13-7-9-23(10-8-13)14-5-3-12(4-6-14)20-21-15(11-17)16(18)19/h3-6,13,20H,7-10H2,1-2H3,(H3,18,19)/b21-15+. The molecule has 0 aliphatic carbocycles. The highest BCUT2D eigenvalue weighted by molar-refractivity contribution is 6.45.